The van der Waals surface area contributed by atoms with Gasteiger partial charge in [-0.2, -0.15) is 11.8 Å². The number of aryl methyl sites for hydroxylation is 1. The molecule has 0 bridgehead atoms. The fourth-order valence-corrected chi connectivity index (χ4v) is 3.29. The van der Waals surface area contributed by atoms with Crippen LogP contribution < -0.4 is 10.6 Å². The minimum absolute atomic E-state index is 0.0686. The molecule has 0 aliphatic carbocycles. The van der Waals surface area contributed by atoms with Gasteiger partial charge in [-0.25, -0.2) is 0 Å². The molecule has 0 heterocycles. The van der Waals surface area contributed by atoms with Crippen molar-refractivity contribution in [3.63, 3.8) is 0 Å². The summed E-state index contributed by atoms with van der Waals surface area (Å²) in [6.45, 7) is 2.99. The second kappa shape index (κ2) is 11.4. The predicted octanol–water partition coefficient (Wildman–Crippen LogP) is 2.91. The summed E-state index contributed by atoms with van der Waals surface area (Å²) >= 11 is 1.79. The normalized spacial score (nSPS) is 10.6. The summed E-state index contributed by atoms with van der Waals surface area (Å²) in [4.78, 5) is 25.7. The molecule has 0 atom stereocenters. The SMILES string of the molecule is Cc1ccc(NC(=O)CN(C)CC(=O)NCCSCc2ccccc2)cc1. The molecular weight excluding hydrogens is 358 g/mol. The van der Waals surface area contributed by atoms with Crippen LogP contribution in [0.4, 0.5) is 5.69 Å². The molecule has 0 aliphatic rings. The molecule has 0 unspecified atom stereocenters. The second-order valence-electron chi connectivity index (χ2n) is 6.47. The maximum absolute atomic E-state index is 12.0. The first-order valence-electron chi connectivity index (χ1n) is 8.96. The number of carbonyl (C=O) groups is 2. The predicted molar refractivity (Wildman–Crippen MR) is 113 cm³/mol. The molecule has 0 saturated carbocycles. The van der Waals surface area contributed by atoms with Crippen molar-refractivity contribution in [2.45, 2.75) is 12.7 Å². The smallest absolute Gasteiger partial charge is 0.238 e. The van der Waals surface area contributed by atoms with E-state index in [9.17, 15) is 9.59 Å². The van der Waals surface area contributed by atoms with Crippen LogP contribution in [0.15, 0.2) is 54.6 Å². The highest BCUT2D eigenvalue weighted by Gasteiger charge is 2.10. The van der Waals surface area contributed by atoms with Crippen molar-refractivity contribution in [3.8, 4) is 0 Å². The minimum Gasteiger partial charge on any atom is -0.354 e. The van der Waals surface area contributed by atoms with Gasteiger partial charge in [0.1, 0.15) is 0 Å². The van der Waals surface area contributed by atoms with E-state index in [0.717, 1.165) is 22.8 Å². The molecule has 144 valence electrons. The molecule has 2 N–H and O–H groups in total. The lowest BCUT2D eigenvalue weighted by molar-refractivity contribution is -0.122. The van der Waals surface area contributed by atoms with E-state index in [1.807, 2.05) is 49.4 Å². The van der Waals surface area contributed by atoms with Crippen molar-refractivity contribution in [1.82, 2.24) is 10.2 Å². The van der Waals surface area contributed by atoms with Gasteiger partial charge in [-0.15, -0.1) is 0 Å². The number of benzene rings is 2. The van der Waals surface area contributed by atoms with Crippen LogP contribution in [0, 0.1) is 6.92 Å². The Morgan fingerprint density at radius 2 is 1.63 bits per heavy atom. The average molecular weight is 386 g/mol. The van der Waals surface area contributed by atoms with Crippen molar-refractivity contribution in [1.29, 1.82) is 0 Å². The summed E-state index contributed by atoms with van der Waals surface area (Å²) < 4.78 is 0. The fourth-order valence-electron chi connectivity index (χ4n) is 2.47. The van der Waals surface area contributed by atoms with E-state index < -0.39 is 0 Å². The standard InChI is InChI=1S/C21H27N3O2S/c1-17-8-10-19(11-9-17)23-21(26)15-24(2)14-20(25)22-12-13-27-16-18-6-4-3-5-7-18/h3-11H,12-16H2,1-2H3,(H,22,25)(H,23,26). The van der Waals surface area contributed by atoms with E-state index in [0.29, 0.717) is 6.54 Å². The summed E-state index contributed by atoms with van der Waals surface area (Å²) in [5.74, 6) is 1.60. The lowest BCUT2D eigenvalue weighted by Gasteiger charge is -2.16. The van der Waals surface area contributed by atoms with E-state index in [1.54, 1.807) is 23.7 Å². The van der Waals surface area contributed by atoms with Gasteiger partial charge < -0.3 is 10.6 Å². The highest BCUT2D eigenvalue weighted by molar-refractivity contribution is 7.98. The zero-order valence-electron chi connectivity index (χ0n) is 15.9. The molecule has 27 heavy (non-hydrogen) atoms. The molecule has 0 spiro atoms. The van der Waals surface area contributed by atoms with Gasteiger partial charge in [0.05, 0.1) is 13.1 Å². The summed E-state index contributed by atoms with van der Waals surface area (Å²) in [6, 6.07) is 17.9. The highest BCUT2D eigenvalue weighted by Crippen LogP contribution is 2.10. The zero-order chi connectivity index (χ0) is 19.5. The molecule has 5 nitrogen and oxygen atoms in total. The molecule has 2 aromatic carbocycles. The number of likely N-dealkylation sites (N-methyl/N-ethyl adjacent to an activating group) is 1. The molecule has 0 saturated heterocycles. The minimum atomic E-state index is -0.132. The van der Waals surface area contributed by atoms with Crippen molar-refractivity contribution < 1.29 is 9.59 Å². The fraction of sp³-hybridized carbons (Fsp3) is 0.333. The van der Waals surface area contributed by atoms with Crippen molar-refractivity contribution >= 4 is 29.3 Å². The van der Waals surface area contributed by atoms with Gasteiger partial charge in [-0.3, -0.25) is 14.5 Å². The van der Waals surface area contributed by atoms with Crippen molar-refractivity contribution in [3.05, 3.63) is 65.7 Å². The van der Waals surface area contributed by atoms with Gasteiger partial charge in [-0.05, 0) is 31.7 Å². The van der Waals surface area contributed by atoms with Gasteiger partial charge in [0, 0.05) is 23.7 Å². The van der Waals surface area contributed by atoms with Crippen molar-refractivity contribution in [2.24, 2.45) is 0 Å². The van der Waals surface area contributed by atoms with E-state index in [2.05, 4.69) is 22.8 Å². The monoisotopic (exact) mass is 385 g/mol. The number of carbonyl (C=O) groups excluding carboxylic acids is 2. The maximum Gasteiger partial charge on any atom is 0.238 e. The first-order valence-corrected chi connectivity index (χ1v) is 10.1. The zero-order valence-corrected chi connectivity index (χ0v) is 16.7. The summed E-state index contributed by atoms with van der Waals surface area (Å²) in [7, 11) is 1.76. The second-order valence-corrected chi connectivity index (χ2v) is 7.58. The molecule has 2 aromatic rings. The molecule has 0 radical (unpaired) electrons. The number of hydrogen-bond donors (Lipinski definition) is 2. The summed E-state index contributed by atoms with van der Waals surface area (Å²) in [6.07, 6.45) is 0. The van der Waals surface area contributed by atoms with Crippen LogP contribution in [-0.2, 0) is 15.3 Å². The van der Waals surface area contributed by atoms with E-state index in [1.165, 1.54) is 5.56 Å². The van der Waals surface area contributed by atoms with Crippen LogP contribution in [0.2, 0.25) is 0 Å². The average Bonchev–Trinajstić information content (AvgIpc) is 2.64. The lowest BCUT2D eigenvalue weighted by atomic mass is 10.2. The summed E-state index contributed by atoms with van der Waals surface area (Å²) in [5, 5.41) is 5.73. The summed E-state index contributed by atoms with van der Waals surface area (Å²) in [5.41, 5.74) is 3.19. The third kappa shape index (κ3) is 8.75. The van der Waals surface area contributed by atoms with Gasteiger partial charge >= 0.3 is 0 Å². The number of rotatable bonds is 10. The molecule has 0 fully saturated rings. The molecule has 6 heteroatoms. The first-order chi connectivity index (χ1) is 13.0. The van der Waals surface area contributed by atoms with Crippen LogP contribution in [0.3, 0.4) is 0 Å². The van der Waals surface area contributed by atoms with Crippen molar-refractivity contribution in [2.75, 3.05) is 37.8 Å². The van der Waals surface area contributed by atoms with E-state index in [4.69, 9.17) is 0 Å². The first kappa shape index (κ1) is 21.0. The Hall–Kier alpha value is -2.31. The Morgan fingerprint density at radius 3 is 2.33 bits per heavy atom. The van der Waals surface area contributed by atoms with E-state index >= 15 is 0 Å². The Bertz CT molecular complexity index is 720. The third-order valence-electron chi connectivity index (χ3n) is 3.84. The van der Waals surface area contributed by atoms with Crippen LogP contribution in [0.5, 0.6) is 0 Å². The van der Waals surface area contributed by atoms with Crippen LogP contribution >= 0.6 is 11.8 Å². The Morgan fingerprint density at radius 1 is 0.963 bits per heavy atom. The van der Waals surface area contributed by atoms with Gasteiger partial charge in [0.2, 0.25) is 11.8 Å². The number of hydrogen-bond acceptors (Lipinski definition) is 4. The molecular formula is C21H27N3O2S. The lowest BCUT2D eigenvalue weighted by Crippen LogP contribution is -2.39. The van der Waals surface area contributed by atoms with Gasteiger partial charge in [0.15, 0.2) is 0 Å². The van der Waals surface area contributed by atoms with Crippen LogP contribution in [0.25, 0.3) is 0 Å². The molecule has 0 aliphatic heterocycles. The quantitative estimate of drug-likeness (QED) is 0.618. The molecule has 0 aromatic heterocycles. The van der Waals surface area contributed by atoms with Crippen LogP contribution in [0.1, 0.15) is 11.1 Å². The molecule has 2 rings (SSSR count). The van der Waals surface area contributed by atoms with Gasteiger partial charge in [-0.1, -0.05) is 48.0 Å². The maximum atomic E-state index is 12.0. The Kier molecular flexibility index (Phi) is 8.87. The number of nitrogens with one attached hydrogen (secondary N) is 2. The Balaban J connectivity index is 1.57. The van der Waals surface area contributed by atoms with Crippen LogP contribution in [-0.4, -0.2) is 49.1 Å². The third-order valence-corrected chi connectivity index (χ3v) is 4.87. The largest absolute Gasteiger partial charge is 0.354 e. The highest BCUT2D eigenvalue weighted by atomic mass is 32.2. The molecule has 2 amide bonds. The number of thioether (sulfide) groups is 1. The number of amides is 2. The number of nitrogens with zero attached hydrogens (tertiary/aromatic N) is 1. The van der Waals surface area contributed by atoms with Gasteiger partial charge in [0.25, 0.3) is 0 Å². The topological polar surface area (TPSA) is 61.4 Å². The van der Waals surface area contributed by atoms with E-state index in [-0.39, 0.29) is 24.9 Å². The number of anilines is 1. The Labute approximate surface area is 165 Å².